The highest BCUT2D eigenvalue weighted by atomic mass is 14.8. The molecule has 0 rings (SSSR count). The van der Waals surface area contributed by atoms with Gasteiger partial charge in [-0.3, -0.25) is 0 Å². The van der Waals surface area contributed by atoms with E-state index in [-0.39, 0.29) is 0 Å². The van der Waals surface area contributed by atoms with Gasteiger partial charge in [0.15, 0.2) is 0 Å². The van der Waals surface area contributed by atoms with Gasteiger partial charge in [0, 0.05) is 0 Å². The van der Waals surface area contributed by atoms with Gasteiger partial charge in [-0.05, 0) is 25.9 Å². The zero-order valence-corrected chi connectivity index (χ0v) is 10.9. The van der Waals surface area contributed by atoms with Gasteiger partial charge in [0.2, 0.25) is 0 Å². The van der Waals surface area contributed by atoms with Crippen molar-refractivity contribution in [1.82, 2.24) is 5.32 Å². The Balaban J connectivity index is -0.000000218. The van der Waals surface area contributed by atoms with Gasteiger partial charge >= 0.3 is 0 Å². The Morgan fingerprint density at radius 1 is 1.00 bits per heavy atom. The van der Waals surface area contributed by atoms with Crippen LogP contribution in [0.1, 0.15) is 60.8 Å². The molecule has 1 N–H and O–H groups in total. The van der Waals surface area contributed by atoms with Gasteiger partial charge in [-0.1, -0.05) is 54.4 Å². The van der Waals surface area contributed by atoms with E-state index in [9.17, 15) is 0 Å². The highest BCUT2D eigenvalue weighted by Crippen LogP contribution is 2.08. The lowest BCUT2D eigenvalue weighted by molar-refractivity contribution is 0.445. The lowest BCUT2D eigenvalue weighted by Crippen LogP contribution is -2.17. The molecule has 0 aliphatic carbocycles. The van der Waals surface area contributed by atoms with Crippen LogP contribution in [0.15, 0.2) is 0 Å². The average Bonchev–Trinajstić information content (AvgIpc) is 2.23. The number of nitrogens with one attached hydrogen (secondary N) is 1. The second-order valence-electron chi connectivity index (χ2n) is 2.62. The van der Waals surface area contributed by atoms with Gasteiger partial charge in [0.1, 0.15) is 0 Å². The molecule has 1 unspecified atom stereocenters. The van der Waals surface area contributed by atoms with Crippen molar-refractivity contribution < 1.29 is 0 Å². The van der Waals surface area contributed by atoms with Gasteiger partial charge in [0.05, 0.1) is 0 Å². The molecule has 84 valence electrons. The minimum absolute atomic E-state index is 0.903. The largest absolute Gasteiger partial charge is 0.319 e. The molecule has 0 saturated carbocycles. The quantitative estimate of drug-likeness (QED) is 0.687. The predicted molar refractivity (Wildman–Crippen MR) is 65.3 cm³/mol. The summed E-state index contributed by atoms with van der Waals surface area (Å²) in [5, 5.41) is 3.20. The molecular weight excluding hydrogens is 158 g/mol. The lowest BCUT2D eigenvalue weighted by Gasteiger charge is -2.11. The second kappa shape index (κ2) is 22.7. The van der Waals surface area contributed by atoms with Gasteiger partial charge < -0.3 is 5.32 Å². The third kappa shape index (κ3) is 18.7. The van der Waals surface area contributed by atoms with Crippen LogP contribution in [0.5, 0.6) is 0 Å². The normalized spacial score (nSPS) is 10.4. The monoisotopic (exact) mass is 189 g/mol. The highest BCUT2D eigenvalue weighted by molar-refractivity contribution is 4.57. The summed E-state index contributed by atoms with van der Waals surface area (Å²) in [5.74, 6) is 0.903. The molecule has 0 aliphatic rings. The molecule has 0 aromatic carbocycles. The summed E-state index contributed by atoms with van der Waals surface area (Å²) in [6.07, 6.45) is 4.01. The first kappa shape index (κ1) is 18.7. The van der Waals surface area contributed by atoms with Crippen LogP contribution in [0.4, 0.5) is 0 Å². The molecule has 0 aromatic rings. The fourth-order valence-electron chi connectivity index (χ4n) is 1.15. The van der Waals surface area contributed by atoms with Gasteiger partial charge in [-0.2, -0.15) is 0 Å². The Bertz CT molecular complexity index is 47.1. The summed E-state index contributed by atoms with van der Waals surface area (Å²) < 4.78 is 0. The molecule has 0 bridgehead atoms. The van der Waals surface area contributed by atoms with Crippen LogP contribution in [-0.2, 0) is 0 Å². The SMILES string of the molecule is CC.CC.CCCC(CC)CNC. The molecule has 1 heteroatoms. The topological polar surface area (TPSA) is 12.0 Å². The molecule has 0 heterocycles. The maximum atomic E-state index is 3.20. The van der Waals surface area contributed by atoms with Crippen molar-refractivity contribution in [3.8, 4) is 0 Å². The van der Waals surface area contributed by atoms with E-state index in [4.69, 9.17) is 0 Å². The van der Waals surface area contributed by atoms with E-state index in [1.165, 1.54) is 25.8 Å². The van der Waals surface area contributed by atoms with Crippen LogP contribution in [0.3, 0.4) is 0 Å². The highest BCUT2D eigenvalue weighted by Gasteiger charge is 2.01. The summed E-state index contributed by atoms with van der Waals surface area (Å²) in [7, 11) is 2.03. The van der Waals surface area contributed by atoms with Crippen molar-refractivity contribution in [2.24, 2.45) is 5.92 Å². The van der Waals surface area contributed by atoms with Crippen molar-refractivity contribution in [2.75, 3.05) is 13.6 Å². The maximum absolute atomic E-state index is 3.20. The standard InChI is InChI=1S/C8H19N.2C2H6/c1-4-6-8(5-2)7-9-3;2*1-2/h8-9H,4-7H2,1-3H3;2*1-2H3. The number of rotatable bonds is 5. The van der Waals surface area contributed by atoms with Gasteiger partial charge in [-0.15, -0.1) is 0 Å². The van der Waals surface area contributed by atoms with Gasteiger partial charge in [0.25, 0.3) is 0 Å². The first-order valence-electron chi connectivity index (χ1n) is 5.99. The van der Waals surface area contributed by atoms with Crippen molar-refractivity contribution in [3.63, 3.8) is 0 Å². The third-order valence-corrected chi connectivity index (χ3v) is 1.77. The molecule has 0 aromatic heterocycles. The average molecular weight is 189 g/mol. The Kier molecular flexibility index (Phi) is 32.6. The molecule has 0 fully saturated rings. The number of hydrogen-bond donors (Lipinski definition) is 1. The molecule has 0 aliphatic heterocycles. The minimum atomic E-state index is 0.903. The van der Waals surface area contributed by atoms with Crippen LogP contribution in [0.25, 0.3) is 0 Å². The first-order chi connectivity index (χ1) is 6.35. The van der Waals surface area contributed by atoms with E-state index in [2.05, 4.69) is 19.2 Å². The number of hydrogen-bond acceptors (Lipinski definition) is 1. The fourth-order valence-corrected chi connectivity index (χ4v) is 1.15. The Hall–Kier alpha value is -0.0400. The lowest BCUT2D eigenvalue weighted by atomic mass is 10.0. The van der Waals surface area contributed by atoms with Crippen LogP contribution in [-0.4, -0.2) is 13.6 Å². The molecule has 1 atom stereocenters. The molecule has 0 spiro atoms. The first-order valence-corrected chi connectivity index (χ1v) is 5.99. The Labute approximate surface area is 86.3 Å². The van der Waals surface area contributed by atoms with E-state index in [0.717, 1.165) is 5.92 Å². The zero-order valence-electron chi connectivity index (χ0n) is 10.9. The van der Waals surface area contributed by atoms with Crippen molar-refractivity contribution in [1.29, 1.82) is 0 Å². The van der Waals surface area contributed by atoms with Crippen molar-refractivity contribution in [3.05, 3.63) is 0 Å². The summed E-state index contributed by atoms with van der Waals surface area (Å²) >= 11 is 0. The maximum Gasteiger partial charge on any atom is -0.00236 e. The minimum Gasteiger partial charge on any atom is -0.319 e. The predicted octanol–water partition coefficient (Wildman–Crippen LogP) is 4.08. The van der Waals surface area contributed by atoms with Crippen LogP contribution in [0.2, 0.25) is 0 Å². The van der Waals surface area contributed by atoms with E-state index in [0.29, 0.717) is 0 Å². The van der Waals surface area contributed by atoms with Crippen LogP contribution < -0.4 is 5.32 Å². The fraction of sp³-hybridized carbons (Fsp3) is 1.00. The van der Waals surface area contributed by atoms with Crippen molar-refractivity contribution >= 4 is 0 Å². The van der Waals surface area contributed by atoms with E-state index >= 15 is 0 Å². The Morgan fingerprint density at radius 2 is 1.46 bits per heavy atom. The Morgan fingerprint density at radius 3 is 1.69 bits per heavy atom. The second-order valence-corrected chi connectivity index (χ2v) is 2.62. The smallest absolute Gasteiger partial charge is 0.00236 e. The summed E-state index contributed by atoms with van der Waals surface area (Å²) in [5.41, 5.74) is 0. The summed E-state index contributed by atoms with van der Waals surface area (Å²) in [6, 6.07) is 0. The van der Waals surface area contributed by atoms with Gasteiger partial charge in [-0.25, -0.2) is 0 Å². The molecule has 0 amide bonds. The summed E-state index contributed by atoms with van der Waals surface area (Å²) in [4.78, 5) is 0. The van der Waals surface area contributed by atoms with Crippen molar-refractivity contribution in [2.45, 2.75) is 60.8 Å². The zero-order chi connectivity index (χ0) is 11.1. The van der Waals surface area contributed by atoms with E-state index < -0.39 is 0 Å². The molecular formula is C12H31N. The van der Waals surface area contributed by atoms with E-state index in [1.807, 2.05) is 34.7 Å². The molecule has 0 saturated heterocycles. The van der Waals surface area contributed by atoms with E-state index in [1.54, 1.807) is 0 Å². The third-order valence-electron chi connectivity index (χ3n) is 1.77. The molecule has 13 heavy (non-hydrogen) atoms. The van der Waals surface area contributed by atoms with Crippen LogP contribution in [0, 0.1) is 5.92 Å². The summed E-state index contributed by atoms with van der Waals surface area (Å²) in [6.45, 7) is 13.7. The molecule has 0 radical (unpaired) electrons. The van der Waals surface area contributed by atoms with Crippen LogP contribution >= 0.6 is 0 Å². The molecule has 1 nitrogen and oxygen atoms in total.